The molecule has 1 saturated carbocycles. The Morgan fingerprint density at radius 2 is 1.74 bits per heavy atom. The van der Waals surface area contributed by atoms with Gasteiger partial charge in [-0.3, -0.25) is 9.59 Å². The monoisotopic (exact) mass is 426 g/mol. The van der Waals surface area contributed by atoms with Gasteiger partial charge in [0.15, 0.2) is 18.0 Å². The molecule has 0 bridgehead atoms. The third-order valence-electron chi connectivity index (χ3n) is 5.55. The minimum atomic E-state index is -0.140. The highest BCUT2D eigenvalue weighted by Gasteiger charge is 2.21. The van der Waals surface area contributed by atoms with Crippen molar-refractivity contribution in [1.29, 1.82) is 0 Å². The molecule has 3 N–H and O–H groups in total. The van der Waals surface area contributed by atoms with Crippen molar-refractivity contribution in [2.75, 3.05) is 33.1 Å². The minimum Gasteiger partial charge on any atom is -0.493 e. The van der Waals surface area contributed by atoms with E-state index in [2.05, 4.69) is 10.6 Å². The lowest BCUT2D eigenvalue weighted by atomic mass is 10.1. The summed E-state index contributed by atoms with van der Waals surface area (Å²) in [5.41, 5.74) is 2.08. The Kier molecular flexibility index (Phi) is 7.89. The van der Waals surface area contributed by atoms with Crippen LogP contribution in [0.2, 0.25) is 0 Å². The SMILES string of the molecule is COc1ccc(C[NH+](C)CC(=O)Nc2ccccc2C(=O)NC2CCCC2)cc1OC. The van der Waals surface area contributed by atoms with Gasteiger partial charge in [0.2, 0.25) is 0 Å². The maximum atomic E-state index is 12.7. The highest BCUT2D eigenvalue weighted by atomic mass is 16.5. The molecule has 2 aromatic carbocycles. The Balaban J connectivity index is 1.58. The number of carbonyl (C=O) groups excluding carboxylic acids is 2. The van der Waals surface area contributed by atoms with Crippen LogP contribution in [-0.2, 0) is 11.3 Å². The van der Waals surface area contributed by atoms with E-state index in [4.69, 9.17) is 9.47 Å². The van der Waals surface area contributed by atoms with Gasteiger partial charge in [0.05, 0.1) is 32.5 Å². The van der Waals surface area contributed by atoms with Crippen molar-refractivity contribution in [3.63, 3.8) is 0 Å². The number of anilines is 1. The number of likely N-dealkylation sites (N-methyl/N-ethyl adjacent to an activating group) is 1. The first-order valence-electron chi connectivity index (χ1n) is 10.7. The van der Waals surface area contributed by atoms with E-state index in [-0.39, 0.29) is 24.4 Å². The highest BCUT2D eigenvalue weighted by Crippen LogP contribution is 2.27. The van der Waals surface area contributed by atoms with Crippen LogP contribution in [0.15, 0.2) is 42.5 Å². The van der Waals surface area contributed by atoms with Crippen LogP contribution < -0.4 is 25.0 Å². The van der Waals surface area contributed by atoms with E-state index >= 15 is 0 Å². The maximum Gasteiger partial charge on any atom is 0.279 e. The average molecular weight is 427 g/mol. The molecule has 0 spiro atoms. The van der Waals surface area contributed by atoms with Crippen LogP contribution in [0.3, 0.4) is 0 Å². The van der Waals surface area contributed by atoms with Crippen molar-refractivity contribution in [3.05, 3.63) is 53.6 Å². The second kappa shape index (κ2) is 10.8. The van der Waals surface area contributed by atoms with E-state index in [1.165, 1.54) is 0 Å². The zero-order valence-corrected chi connectivity index (χ0v) is 18.5. The van der Waals surface area contributed by atoms with Gasteiger partial charge in [0.25, 0.3) is 11.8 Å². The van der Waals surface area contributed by atoms with Crippen molar-refractivity contribution in [1.82, 2.24) is 5.32 Å². The summed E-state index contributed by atoms with van der Waals surface area (Å²) in [6, 6.07) is 13.1. The number of quaternary nitrogens is 1. The van der Waals surface area contributed by atoms with Crippen LogP contribution in [0.25, 0.3) is 0 Å². The first kappa shape index (κ1) is 22.6. The predicted octanol–water partition coefficient (Wildman–Crippen LogP) is 2.03. The number of methoxy groups -OCH3 is 2. The molecule has 0 saturated heterocycles. The molecule has 1 aliphatic rings. The fraction of sp³-hybridized carbons (Fsp3) is 0.417. The summed E-state index contributed by atoms with van der Waals surface area (Å²) in [5, 5.41) is 5.99. The third kappa shape index (κ3) is 6.21. The lowest BCUT2D eigenvalue weighted by Crippen LogP contribution is -3.08. The second-order valence-electron chi connectivity index (χ2n) is 8.05. The van der Waals surface area contributed by atoms with E-state index < -0.39 is 0 Å². The Morgan fingerprint density at radius 3 is 2.45 bits per heavy atom. The van der Waals surface area contributed by atoms with Crippen LogP contribution in [0.4, 0.5) is 5.69 Å². The third-order valence-corrected chi connectivity index (χ3v) is 5.55. The number of para-hydroxylation sites is 1. The molecule has 7 heteroatoms. The molecule has 166 valence electrons. The molecule has 2 aromatic rings. The highest BCUT2D eigenvalue weighted by molar-refractivity contribution is 6.04. The summed E-state index contributed by atoms with van der Waals surface area (Å²) in [5.74, 6) is 1.07. The van der Waals surface area contributed by atoms with Gasteiger partial charge in [0.1, 0.15) is 6.54 Å². The van der Waals surface area contributed by atoms with Gasteiger partial charge in [0, 0.05) is 11.6 Å². The fourth-order valence-corrected chi connectivity index (χ4v) is 3.99. The Morgan fingerprint density at radius 1 is 1.03 bits per heavy atom. The van der Waals surface area contributed by atoms with Crippen LogP contribution >= 0.6 is 0 Å². The van der Waals surface area contributed by atoms with Gasteiger partial charge in [-0.1, -0.05) is 25.0 Å². The number of hydrogen-bond donors (Lipinski definition) is 3. The zero-order chi connectivity index (χ0) is 22.2. The van der Waals surface area contributed by atoms with Crippen molar-refractivity contribution in [2.24, 2.45) is 0 Å². The largest absolute Gasteiger partial charge is 0.493 e. The van der Waals surface area contributed by atoms with Gasteiger partial charge in [-0.15, -0.1) is 0 Å². The maximum absolute atomic E-state index is 12.7. The molecule has 0 aliphatic heterocycles. The summed E-state index contributed by atoms with van der Waals surface area (Å²) >= 11 is 0. The number of rotatable bonds is 9. The van der Waals surface area contributed by atoms with Gasteiger partial charge in [-0.2, -0.15) is 0 Å². The van der Waals surface area contributed by atoms with Gasteiger partial charge in [-0.25, -0.2) is 0 Å². The topological polar surface area (TPSA) is 81.1 Å². The Hall–Kier alpha value is -3.06. The quantitative estimate of drug-likeness (QED) is 0.573. The summed E-state index contributed by atoms with van der Waals surface area (Å²) in [6.45, 7) is 0.921. The lowest BCUT2D eigenvalue weighted by Gasteiger charge is -2.17. The fourth-order valence-electron chi connectivity index (χ4n) is 3.99. The molecular weight excluding hydrogens is 394 g/mol. The van der Waals surface area contributed by atoms with Crippen LogP contribution in [-0.4, -0.2) is 45.7 Å². The van der Waals surface area contributed by atoms with Crippen molar-refractivity contribution in [2.45, 2.75) is 38.3 Å². The van der Waals surface area contributed by atoms with Gasteiger partial charge in [-0.05, 0) is 43.2 Å². The zero-order valence-electron chi connectivity index (χ0n) is 18.5. The van der Waals surface area contributed by atoms with Crippen LogP contribution in [0, 0.1) is 0 Å². The minimum absolute atomic E-state index is 0.131. The first-order chi connectivity index (χ1) is 15.0. The van der Waals surface area contributed by atoms with Gasteiger partial charge < -0.3 is 25.0 Å². The summed E-state index contributed by atoms with van der Waals surface area (Å²) < 4.78 is 10.6. The molecule has 1 aliphatic carbocycles. The molecule has 31 heavy (non-hydrogen) atoms. The van der Waals surface area contributed by atoms with Crippen molar-refractivity contribution < 1.29 is 24.0 Å². The van der Waals surface area contributed by atoms with Gasteiger partial charge >= 0.3 is 0 Å². The number of amides is 2. The summed E-state index contributed by atoms with van der Waals surface area (Å²) in [7, 11) is 5.16. The van der Waals surface area contributed by atoms with E-state index in [1.54, 1.807) is 26.4 Å². The first-order valence-corrected chi connectivity index (χ1v) is 10.7. The van der Waals surface area contributed by atoms with E-state index in [9.17, 15) is 9.59 Å². The number of carbonyl (C=O) groups is 2. The number of nitrogens with one attached hydrogen (secondary N) is 3. The lowest BCUT2D eigenvalue weighted by molar-refractivity contribution is -0.885. The van der Waals surface area contributed by atoms with E-state index in [0.717, 1.165) is 36.1 Å². The molecule has 0 radical (unpaired) electrons. The molecule has 2 amide bonds. The Labute approximate surface area is 183 Å². The molecular formula is C24H32N3O4+. The molecule has 7 nitrogen and oxygen atoms in total. The van der Waals surface area contributed by atoms with Crippen molar-refractivity contribution >= 4 is 17.5 Å². The number of benzene rings is 2. The molecule has 1 fully saturated rings. The predicted molar refractivity (Wildman–Crippen MR) is 120 cm³/mol. The molecule has 0 aromatic heterocycles. The van der Waals surface area contributed by atoms with E-state index in [1.807, 2.05) is 37.4 Å². The molecule has 0 heterocycles. The molecule has 1 atom stereocenters. The molecule has 1 unspecified atom stereocenters. The standard InChI is InChI=1S/C24H31N3O4/c1-27(15-17-12-13-21(30-2)22(14-17)31-3)16-23(28)26-20-11-7-6-10-19(20)24(29)25-18-8-4-5-9-18/h6-7,10-14,18H,4-5,8-9,15-16H2,1-3H3,(H,25,29)(H,26,28)/p+1. The molecule has 3 rings (SSSR count). The second-order valence-corrected chi connectivity index (χ2v) is 8.05. The normalized spacial score (nSPS) is 14.7. The summed E-state index contributed by atoms with van der Waals surface area (Å²) in [6.07, 6.45) is 4.34. The smallest absolute Gasteiger partial charge is 0.279 e. The number of ether oxygens (including phenoxy) is 2. The van der Waals surface area contributed by atoms with Crippen LogP contribution in [0.1, 0.15) is 41.6 Å². The average Bonchev–Trinajstić information content (AvgIpc) is 3.26. The number of hydrogen-bond acceptors (Lipinski definition) is 4. The van der Waals surface area contributed by atoms with Crippen molar-refractivity contribution in [3.8, 4) is 11.5 Å². The summed E-state index contributed by atoms with van der Waals surface area (Å²) in [4.78, 5) is 26.3. The van der Waals surface area contributed by atoms with E-state index in [0.29, 0.717) is 29.3 Å². The van der Waals surface area contributed by atoms with Crippen LogP contribution in [0.5, 0.6) is 11.5 Å². The Bertz CT molecular complexity index is 909.